The Hall–Kier alpha value is -2.70. The first-order chi connectivity index (χ1) is 12.4. The Morgan fingerprint density at radius 2 is 2.00 bits per heavy atom. The Morgan fingerprint density at radius 1 is 1.27 bits per heavy atom. The second kappa shape index (κ2) is 8.60. The van der Waals surface area contributed by atoms with E-state index in [4.69, 9.17) is 14.2 Å². The molecule has 0 saturated carbocycles. The van der Waals surface area contributed by atoms with Crippen LogP contribution in [0.5, 0.6) is 11.5 Å². The highest BCUT2D eigenvalue weighted by molar-refractivity contribution is 5.95. The van der Waals surface area contributed by atoms with Gasteiger partial charge in [-0.3, -0.25) is 0 Å². The van der Waals surface area contributed by atoms with Crippen LogP contribution < -0.4 is 14.8 Å². The van der Waals surface area contributed by atoms with Crippen LogP contribution in [0.25, 0.3) is 0 Å². The van der Waals surface area contributed by atoms with Crippen molar-refractivity contribution in [3.05, 3.63) is 35.0 Å². The largest absolute Gasteiger partial charge is 0.493 e. The molecule has 0 radical (unpaired) electrons. The second-order valence-electron chi connectivity index (χ2n) is 5.92. The number of nitrogens with one attached hydrogen (secondary N) is 1. The van der Waals surface area contributed by atoms with Gasteiger partial charge in [0.05, 0.1) is 31.9 Å². The van der Waals surface area contributed by atoms with E-state index in [-0.39, 0.29) is 12.6 Å². The molecule has 7 nitrogen and oxygen atoms in total. The summed E-state index contributed by atoms with van der Waals surface area (Å²) in [7, 11) is 3.17. The lowest BCUT2D eigenvalue weighted by atomic mass is 9.94. The fourth-order valence-corrected chi connectivity index (χ4v) is 2.75. The van der Waals surface area contributed by atoms with Crippen LogP contribution >= 0.6 is 0 Å². The maximum atomic E-state index is 12.5. The molecule has 1 atom stereocenters. The minimum atomic E-state index is -0.619. The topological polar surface area (TPSA) is 77.1 Å². The van der Waals surface area contributed by atoms with Crippen LogP contribution in [-0.2, 0) is 9.53 Å². The molecular formula is C19H26N2O5. The number of methoxy groups -OCH3 is 1. The van der Waals surface area contributed by atoms with Gasteiger partial charge in [-0.2, -0.15) is 0 Å². The molecule has 0 aromatic heterocycles. The van der Waals surface area contributed by atoms with Crippen LogP contribution in [0.15, 0.2) is 29.5 Å². The van der Waals surface area contributed by atoms with Gasteiger partial charge in [-0.05, 0) is 38.0 Å². The lowest BCUT2D eigenvalue weighted by molar-refractivity contribution is -0.139. The van der Waals surface area contributed by atoms with Crippen LogP contribution in [0.4, 0.5) is 4.79 Å². The molecule has 1 aromatic rings. The van der Waals surface area contributed by atoms with E-state index in [1.807, 2.05) is 13.0 Å². The van der Waals surface area contributed by atoms with Gasteiger partial charge in [0, 0.05) is 12.7 Å². The summed E-state index contributed by atoms with van der Waals surface area (Å²) in [6, 6.07) is 4.47. The molecule has 2 amide bonds. The number of carbonyl (C=O) groups excluding carboxylic acids is 2. The Morgan fingerprint density at radius 3 is 2.62 bits per heavy atom. The Bertz CT molecular complexity index is 714. The maximum absolute atomic E-state index is 12.5. The predicted octanol–water partition coefficient (Wildman–Crippen LogP) is 3.02. The Balaban J connectivity index is 2.46. The van der Waals surface area contributed by atoms with E-state index in [9.17, 15) is 9.59 Å². The van der Waals surface area contributed by atoms with Crippen molar-refractivity contribution in [3.63, 3.8) is 0 Å². The predicted molar refractivity (Wildman–Crippen MR) is 97.1 cm³/mol. The van der Waals surface area contributed by atoms with Crippen molar-refractivity contribution in [2.45, 2.75) is 33.2 Å². The van der Waals surface area contributed by atoms with E-state index in [1.165, 1.54) is 4.90 Å². The smallest absolute Gasteiger partial charge is 0.338 e. The molecule has 0 bridgehead atoms. The number of carbonyl (C=O) groups is 2. The summed E-state index contributed by atoms with van der Waals surface area (Å²) in [4.78, 5) is 26.1. The van der Waals surface area contributed by atoms with Crippen molar-refractivity contribution < 1.29 is 23.8 Å². The molecule has 0 spiro atoms. The van der Waals surface area contributed by atoms with Crippen molar-refractivity contribution in [1.29, 1.82) is 0 Å². The normalized spacial score (nSPS) is 17.0. The summed E-state index contributed by atoms with van der Waals surface area (Å²) in [6.07, 6.45) is 0.880. The van der Waals surface area contributed by atoms with Crippen molar-refractivity contribution in [2.24, 2.45) is 0 Å². The molecule has 2 rings (SSSR count). The lowest BCUT2D eigenvalue weighted by Crippen LogP contribution is -2.46. The molecule has 7 heteroatoms. The third-order valence-electron chi connectivity index (χ3n) is 4.23. The highest BCUT2D eigenvalue weighted by Gasteiger charge is 2.35. The SMILES string of the molecule is CCCOc1ccc([C@H]2NC(=O)N(C)C(C)=C2C(=O)OCC)cc1OC. The minimum absolute atomic E-state index is 0.257. The monoisotopic (exact) mass is 362 g/mol. The lowest BCUT2D eigenvalue weighted by Gasteiger charge is -2.33. The van der Waals surface area contributed by atoms with E-state index < -0.39 is 12.0 Å². The molecule has 1 heterocycles. The quantitative estimate of drug-likeness (QED) is 0.755. The van der Waals surface area contributed by atoms with E-state index in [2.05, 4.69) is 5.32 Å². The third kappa shape index (κ3) is 3.92. The first-order valence-electron chi connectivity index (χ1n) is 8.67. The van der Waals surface area contributed by atoms with E-state index in [0.29, 0.717) is 29.4 Å². The molecule has 1 aromatic carbocycles. The van der Waals surface area contributed by atoms with E-state index >= 15 is 0 Å². The highest BCUT2D eigenvalue weighted by atomic mass is 16.5. The number of esters is 1. The molecule has 1 N–H and O–H groups in total. The number of rotatable bonds is 7. The molecule has 0 aliphatic carbocycles. The van der Waals surface area contributed by atoms with Gasteiger partial charge in [-0.1, -0.05) is 13.0 Å². The van der Waals surface area contributed by atoms with Gasteiger partial charge in [-0.25, -0.2) is 9.59 Å². The fourth-order valence-electron chi connectivity index (χ4n) is 2.75. The van der Waals surface area contributed by atoms with Crippen molar-refractivity contribution in [1.82, 2.24) is 10.2 Å². The zero-order chi connectivity index (χ0) is 19.3. The van der Waals surface area contributed by atoms with E-state index in [0.717, 1.165) is 12.0 Å². The van der Waals surface area contributed by atoms with Gasteiger partial charge in [0.25, 0.3) is 0 Å². The second-order valence-corrected chi connectivity index (χ2v) is 5.92. The summed E-state index contributed by atoms with van der Waals surface area (Å²) >= 11 is 0. The Labute approximate surface area is 153 Å². The third-order valence-corrected chi connectivity index (χ3v) is 4.23. The fraction of sp³-hybridized carbons (Fsp3) is 0.474. The molecule has 0 fully saturated rings. The number of nitrogens with zero attached hydrogens (tertiary/aromatic N) is 1. The zero-order valence-electron chi connectivity index (χ0n) is 15.9. The number of amides is 2. The average Bonchev–Trinajstić information content (AvgIpc) is 2.64. The molecule has 1 aliphatic heterocycles. The molecule has 142 valence electrons. The first kappa shape index (κ1) is 19.6. The van der Waals surface area contributed by atoms with Gasteiger partial charge >= 0.3 is 12.0 Å². The highest BCUT2D eigenvalue weighted by Crippen LogP contribution is 2.35. The maximum Gasteiger partial charge on any atom is 0.338 e. The Kier molecular flexibility index (Phi) is 6.49. The summed E-state index contributed by atoms with van der Waals surface area (Å²) in [5.74, 6) is 0.716. The standard InChI is InChI=1S/C19H26N2O5/c1-6-10-26-14-9-8-13(11-15(14)24-5)17-16(18(22)25-7-2)12(3)21(4)19(23)20-17/h8-9,11,17H,6-7,10H2,1-5H3,(H,20,23)/t17-/m1/s1. The molecule has 1 aliphatic rings. The van der Waals surface area contributed by atoms with Crippen LogP contribution in [0, 0.1) is 0 Å². The van der Waals surface area contributed by atoms with Gasteiger partial charge in [0.15, 0.2) is 11.5 Å². The number of ether oxygens (including phenoxy) is 3. The first-order valence-corrected chi connectivity index (χ1v) is 8.67. The van der Waals surface area contributed by atoms with Crippen molar-refractivity contribution in [2.75, 3.05) is 27.4 Å². The summed E-state index contributed by atoms with van der Waals surface area (Å²) < 4.78 is 16.3. The van der Waals surface area contributed by atoms with Gasteiger partial charge in [-0.15, -0.1) is 0 Å². The van der Waals surface area contributed by atoms with Crippen LogP contribution in [-0.4, -0.2) is 44.3 Å². The van der Waals surface area contributed by atoms with Crippen LogP contribution in [0.1, 0.15) is 38.8 Å². The van der Waals surface area contributed by atoms with Gasteiger partial charge in [0.2, 0.25) is 0 Å². The summed E-state index contributed by atoms with van der Waals surface area (Å²) in [5.41, 5.74) is 1.68. The van der Waals surface area contributed by atoms with Crippen molar-refractivity contribution >= 4 is 12.0 Å². The molecule has 0 saturated heterocycles. The van der Waals surface area contributed by atoms with Gasteiger partial charge < -0.3 is 24.4 Å². The number of hydrogen-bond donors (Lipinski definition) is 1. The summed E-state index contributed by atoms with van der Waals surface area (Å²) in [5, 5.41) is 2.85. The number of urea groups is 1. The van der Waals surface area contributed by atoms with Crippen LogP contribution in [0.2, 0.25) is 0 Å². The minimum Gasteiger partial charge on any atom is -0.493 e. The van der Waals surface area contributed by atoms with Crippen LogP contribution in [0.3, 0.4) is 0 Å². The number of hydrogen-bond acceptors (Lipinski definition) is 5. The number of allylic oxidation sites excluding steroid dienone is 1. The summed E-state index contributed by atoms with van der Waals surface area (Å²) in [6.45, 7) is 6.33. The van der Waals surface area contributed by atoms with E-state index in [1.54, 1.807) is 40.1 Å². The average molecular weight is 362 g/mol. The molecule has 0 unspecified atom stereocenters. The molecule has 26 heavy (non-hydrogen) atoms. The van der Waals surface area contributed by atoms with Crippen molar-refractivity contribution in [3.8, 4) is 11.5 Å². The molecular weight excluding hydrogens is 336 g/mol. The van der Waals surface area contributed by atoms with Gasteiger partial charge in [0.1, 0.15) is 0 Å². The number of benzene rings is 1. The zero-order valence-corrected chi connectivity index (χ0v) is 15.9.